The highest BCUT2D eigenvalue weighted by atomic mass is 32.1. The van der Waals surface area contributed by atoms with Crippen LogP contribution in [0.5, 0.6) is 5.75 Å². The van der Waals surface area contributed by atoms with Crippen LogP contribution in [0, 0.1) is 0 Å². The van der Waals surface area contributed by atoms with Gasteiger partial charge in [-0.15, -0.1) is 0 Å². The van der Waals surface area contributed by atoms with E-state index in [-0.39, 0.29) is 68.4 Å². The second-order valence-corrected chi connectivity index (χ2v) is 16.6. The Hall–Kier alpha value is -7.13. The molecule has 0 saturated carbocycles. The van der Waals surface area contributed by atoms with Gasteiger partial charge in [0.2, 0.25) is 53.2 Å². The number of guanidine groups is 1. The molecule has 1 fully saturated rings. The zero-order valence-electron chi connectivity index (χ0n) is 38.1. The average Bonchev–Trinajstić information content (AvgIpc) is 3.84. The van der Waals surface area contributed by atoms with Crippen molar-refractivity contribution in [3.05, 3.63) is 65.7 Å². The van der Waals surface area contributed by atoms with Crippen LogP contribution >= 0.6 is 25.3 Å². The number of aliphatic carboxylic acids is 1. The van der Waals surface area contributed by atoms with E-state index in [0.29, 0.717) is 17.5 Å². The predicted octanol–water partition coefficient (Wildman–Crippen LogP) is -5.10. The molecule has 1 aliphatic heterocycles. The van der Waals surface area contributed by atoms with Crippen LogP contribution in [0.2, 0.25) is 0 Å². The van der Waals surface area contributed by atoms with Crippen molar-refractivity contribution in [2.24, 2.45) is 22.2 Å². The molecule has 0 radical (unpaired) electrons. The SMILES string of the molecule is NC(N)=NCCC[C@H](NC(=O)CNC(=O)CNC(=O)[C@@H](N)CS)C(=O)N1CCC[C@H]1C(=O)N[C@@H](Cc1ccccc1)C(=O)NCC(=O)NCC(=O)N[C@@H](CS)C(=O)N[C@@H](Cc1ccc(O)cc1)C(=O)O. The number of nitrogens with zero attached hydrogens (tertiary/aromatic N) is 2. The molecule has 1 heterocycles. The molecule has 2 aromatic carbocycles. The van der Waals surface area contributed by atoms with E-state index < -0.39 is 122 Å². The Labute approximate surface area is 413 Å². The number of aromatic hydroxyl groups is 1. The number of amides is 9. The maximum absolute atomic E-state index is 14.1. The Bertz CT molecular complexity index is 2190. The van der Waals surface area contributed by atoms with Crippen molar-refractivity contribution in [1.82, 2.24) is 47.4 Å². The van der Waals surface area contributed by atoms with Crippen LogP contribution in [0.15, 0.2) is 59.6 Å². The van der Waals surface area contributed by atoms with Crippen LogP contribution in [-0.2, 0) is 60.8 Å². The largest absolute Gasteiger partial charge is 0.508 e. The number of rotatable bonds is 28. The van der Waals surface area contributed by atoms with E-state index in [4.69, 9.17) is 17.2 Å². The lowest BCUT2D eigenvalue weighted by Crippen LogP contribution is -2.57. The maximum Gasteiger partial charge on any atom is 0.326 e. The lowest BCUT2D eigenvalue weighted by atomic mass is 10.0. The van der Waals surface area contributed by atoms with Gasteiger partial charge >= 0.3 is 5.97 Å². The number of phenolic OH excluding ortho intramolecular Hbond substituents is 1. The molecule has 0 spiro atoms. The van der Waals surface area contributed by atoms with Crippen LogP contribution in [0.4, 0.5) is 0 Å². The van der Waals surface area contributed by atoms with Crippen molar-refractivity contribution in [2.45, 2.75) is 74.8 Å². The van der Waals surface area contributed by atoms with E-state index in [1.807, 2.05) is 0 Å². The van der Waals surface area contributed by atoms with Crippen LogP contribution in [-0.4, -0.2) is 167 Å². The molecule has 0 unspecified atom stereocenters. The van der Waals surface area contributed by atoms with Crippen LogP contribution in [0.25, 0.3) is 0 Å². The van der Waals surface area contributed by atoms with Gasteiger partial charge in [-0.25, -0.2) is 4.79 Å². The van der Waals surface area contributed by atoms with Crippen molar-refractivity contribution >= 4 is 90.4 Å². The third-order valence-electron chi connectivity index (χ3n) is 10.4. The number of carboxylic acid groups (broad SMARTS) is 1. The number of benzene rings is 2. The summed E-state index contributed by atoms with van der Waals surface area (Å²) in [5.74, 6) is -8.45. The molecule has 25 nitrogen and oxygen atoms in total. The summed E-state index contributed by atoms with van der Waals surface area (Å²) in [5, 5.41) is 38.5. The van der Waals surface area contributed by atoms with Gasteiger partial charge in [-0.1, -0.05) is 42.5 Å². The minimum Gasteiger partial charge on any atom is -0.508 e. The summed E-state index contributed by atoms with van der Waals surface area (Å²) >= 11 is 8.01. The van der Waals surface area contributed by atoms with Crippen molar-refractivity contribution in [3.8, 4) is 5.75 Å². The first-order valence-corrected chi connectivity index (χ1v) is 23.2. The highest BCUT2D eigenvalue weighted by molar-refractivity contribution is 7.80. The Balaban J connectivity index is 1.62. The van der Waals surface area contributed by atoms with Gasteiger partial charge < -0.3 is 74.8 Å². The van der Waals surface area contributed by atoms with Gasteiger partial charge in [0.15, 0.2) is 5.96 Å². The number of carbonyl (C=O) groups is 10. The third kappa shape index (κ3) is 20.2. The molecule has 2 aromatic rings. The molecule has 3 rings (SSSR count). The molecule has 1 aliphatic rings. The fourth-order valence-corrected chi connectivity index (χ4v) is 7.19. The fourth-order valence-electron chi connectivity index (χ4n) is 6.77. The first-order chi connectivity index (χ1) is 33.3. The summed E-state index contributed by atoms with van der Waals surface area (Å²) in [6.45, 7) is -2.10. The second kappa shape index (κ2) is 29.7. The summed E-state index contributed by atoms with van der Waals surface area (Å²) in [5.41, 5.74) is 17.6. The lowest BCUT2D eigenvalue weighted by Gasteiger charge is -2.30. The number of phenols is 1. The summed E-state index contributed by atoms with van der Waals surface area (Å²) in [6.07, 6.45) is 0.694. The summed E-state index contributed by atoms with van der Waals surface area (Å²) < 4.78 is 0. The number of likely N-dealkylation sites (tertiary alicyclic amines) is 1. The molecular weight excluding hydrogens is 955 g/mol. The molecule has 9 amide bonds. The van der Waals surface area contributed by atoms with Crippen LogP contribution < -0.4 is 59.7 Å². The summed E-state index contributed by atoms with van der Waals surface area (Å²) in [4.78, 5) is 134. The molecule has 0 aromatic heterocycles. The fraction of sp³-hybridized carbons (Fsp3) is 0.465. The average molecular weight is 1020 g/mol. The standard InChI is InChI=1S/C43H61N13O12S2/c44-27(22-69)37(62)50-18-33(58)48-20-35(60)52-28(8-4-14-47-43(45)46)41(66)56-15-5-9-32(56)40(65)54-29(16-24-6-2-1-3-7-24)38(63)51-19-34(59)49-21-36(61)53-31(23-70)39(64)55-30(42(67)68)17-25-10-12-26(57)13-11-25/h1-3,6-7,10-13,27-32,57,69-70H,4-5,8-9,14-23,44H2,(H,48,58)(H,49,59)(H,50,62)(H,51,63)(H,52,60)(H,53,61)(H,54,65)(H,55,64)(H,67,68)(H4,45,46,47)/t27-,28-,29-,30-,31-,32-/m0/s1. The van der Waals surface area contributed by atoms with Crippen molar-refractivity contribution < 1.29 is 58.2 Å². The maximum atomic E-state index is 14.1. The van der Waals surface area contributed by atoms with Crippen molar-refractivity contribution in [1.29, 1.82) is 0 Å². The van der Waals surface area contributed by atoms with Gasteiger partial charge in [-0.05, 0) is 48.9 Å². The van der Waals surface area contributed by atoms with Crippen LogP contribution in [0.3, 0.4) is 0 Å². The summed E-state index contributed by atoms with van der Waals surface area (Å²) in [6, 6.07) is 7.16. The minimum atomic E-state index is -1.38. The van der Waals surface area contributed by atoms with Crippen molar-refractivity contribution in [2.75, 3.05) is 50.8 Å². The highest BCUT2D eigenvalue weighted by Crippen LogP contribution is 2.20. The second-order valence-electron chi connectivity index (χ2n) is 15.9. The Morgan fingerprint density at radius 3 is 1.79 bits per heavy atom. The molecule has 0 bridgehead atoms. The number of nitrogens with two attached hydrogens (primary N) is 3. The van der Waals surface area contributed by atoms with Gasteiger partial charge in [-0.2, -0.15) is 25.3 Å². The molecule has 0 aliphatic carbocycles. The topological polar surface area (TPSA) is 401 Å². The lowest BCUT2D eigenvalue weighted by molar-refractivity contribution is -0.142. The van der Waals surface area contributed by atoms with Gasteiger partial charge in [0.1, 0.15) is 36.0 Å². The molecule has 16 N–H and O–H groups in total. The normalized spacial score (nSPS) is 15.0. The monoisotopic (exact) mass is 1020 g/mol. The Morgan fingerprint density at radius 1 is 0.657 bits per heavy atom. The zero-order chi connectivity index (χ0) is 51.8. The molecular formula is C43H61N13O12S2. The van der Waals surface area contributed by atoms with E-state index in [0.717, 1.165) is 0 Å². The number of nitrogens with one attached hydrogen (secondary N) is 8. The molecule has 6 atom stereocenters. The van der Waals surface area contributed by atoms with Gasteiger partial charge in [0.25, 0.3) is 0 Å². The highest BCUT2D eigenvalue weighted by Gasteiger charge is 2.39. The first-order valence-electron chi connectivity index (χ1n) is 22.0. The Morgan fingerprint density at radius 2 is 1.21 bits per heavy atom. The number of hydrogen-bond donors (Lipinski definition) is 15. The molecule has 1 saturated heterocycles. The quantitative estimate of drug-likeness (QED) is 0.0164. The smallest absolute Gasteiger partial charge is 0.326 e. The summed E-state index contributed by atoms with van der Waals surface area (Å²) in [7, 11) is 0. The van der Waals surface area contributed by atoms with Crippen molar-refractivity contribution in [3.63, 3.8) is 0 Å². The number of hydrogen-bond acceptors (Lipinski definition) is 15. The number of aliphatic imine (C=N–C) groups is 1. The molecule has 70 heavy (non-hydrogen) atoms. The van der Waals surface area contributed by atoms with E-state index in [1.54, 1.807) is 30.3 Å². The molecule has 27 heteroatoms. The molecule has 382 valence electrons. The van der Waals surface area contributed by atoms with Crippen LogP contribution in [0.1, 0.15) is 36.8 Å². The first kappa shape index (κ1) is 57.2. The predicted molar refractivity (Wildman–Crippen MR) is 260 cm³/mol. The van der Waals surface area contributed by atoms with E-state index >= 15 is 0 Å². The number of carboxylic acids is 1. The number of carbonyl (C=O) groups excluding carboxylic acids is 9. The van der Waals surface area contributed by atoms with Gasteiger partial charge in [-0.3, -0.25) is 48.1 Å². The van der Waals surface area contributed by atoms with E-state index in [2.05, 4.69) is 72.8 Å². The third-order valence-corrected chi connectivity index (χ3v) is 11.2. The van der Waals surface area contributed by atoms with E-state index in [9.17, 15) is 58.2 Å². The number of thiol groups is 2. The van der Waals surface area contributed by atoms with Gasteiger partial charge in [0, 0.05) is 37.4 Å². The van der Waals surface area contributed by atoms with Gasteiger partial charge in [0.05, 0.1) is 32.2 Å². The zero-order valence-corrected chi connectivity index (χ0v) is 39.8. The minimum absolute atomic E-state index is 0.0283. The Kier molecular flexibility index (Phi) is 24.3. The van der Waals surface area contributed by atoms with E-state index in [1.165, 1.54) is 29.2 Å².